The molecule has 35 heavy (non-hydrogen) atoms. The molecule has 10 heteroatoms. The molecule has 1 aliphatic heterocycles. The Bertz CT molecular complexity index is 1460. The first-order valence-corrected chi connectivity index (χ1v) is 11.5. The number of alkyl halides is 2. The molecule has 7 nitrogen and oxygen atoms in total. The van der Waals surface area contributed by atoms with Gasteiger partial charge in [-0.25, -0.2) is 9.79 Å². The van der Waals surface area contributed by atoms with Gasteiger partial charge in [-0.3, -0.25) is 9.36 Å². The second-order valence-corrected chi connectivity index (χ2v) is 8.50. The number of allylic oxidation sites excluding steroid dienone is 1. The van der Waals surface area contributed by atoms with Crippen LogP contribution in [0.2, 0.25) is 0 Å². The molecule has 0 N–H and O–H groups in total. The summed E-state index contributed by atoms with van der Waals surface area (Å²) in [6.07, 6.45) is 1.48. The number of rotatable bonds is 7. The summed E-state index contributed by atoms with van der Waals surface area (Å²) in [7, 11) is 1.54. The van der Waals surface area contributed by atoms with Gasteiger partial charge >= 0.3 is 12.6 Å². The molecule has 2 heterocycles. The van der Waals surface area contributed by atoms with E-state index in [0.29, 0.717) is 27.4 Å². The number of benzene rings is 2. The maximum atomic E-state index is 13.6. The van der Waals surface area contributed by atoms with Crippen molar-refractivity contribution in [1.29, 1.82) is 0 Å². The number of carbonyl (C=O) groups is 1. The maximum Gasteiger partial charge on any atom is 0.387 e. The Balaban J connectivity index is 1.92. The molecule has 4 rings (SSSR count). The van der Waals surface area contributed by atoms with Gasteiger partial charge in [-0.1, -0.05) is 41.7 Å². The van der Waals surface area contributed by atoms with Crippen LogP contribution in [0, 0.1) is 0 Å². The van der Waals surface area contributed by atoms with Crippen LogP contribution >= 0.6 is 11.3 Å². The highest BCUT2D eigenvalue weighted by Crippen LogP contribution is 2.31. The van der Waals surface area contributed by atoms with Gasteiger partial charge in [0.2, 0.25) is 0 Å². The molecule has 1 aliphatic rings. The quantitative estimate of drug-likeness (QED) is 0.465. The molecule has 0 bridgehead atoms. The van der Waals surface area contributed by atoms with Gasteiger partial charge in [0, 0.05) is 5.56 Å². The minimum atomic E-state index is -3.00. The number of carbonyl (C=O) groups excluding carboxylic acids is 1. The van der Waals surface area contributed by atoms with Crippen molar-refractivity contribution in [2.24, 2.45) is 4.99 Å². The van der Waals surface area contributed by atoms with Crippen molar-refractivity contribution in [1.82, 2.24) is 4.57 Å². The fourth-order valence-corrected chi connectivity index (χ4v) is 4.87. The Morgan fingerprint density at radius 3 is 2.57 bits per heavy atom. The highest BCUT2D eigenvalue weighted by Gasteiger charge is 2.33. The molecule has 0 amide bonds. The topological polar surface area (TPSA) is 79.1 Å². The van der Waals surface area contributed by atoms with Gasteiger partial charge in [0.25, 0.3) is 5.56 Å². The van der Waals surface area contributed by atoms with E-state index >= 15 is 0 Å². The molecule has 182 valence electrons. The summed E-state index contributed by atoms with van der Waals surface area (Å²) in [6, 6.07) is 12.4. The average Bonchev–Trinajstić information content (AvgIpc) is 3.13. The van der Waals surface area contributed by atoms with Crippen LogP contribution in [0.4, 0.5) is 8.78 Å². The summed E-state index contributed by atoms with van der Waals surface area (Å²) in [5, 5.41) is 0. The van der Waals surface area contributed by atoms with Crippen LogP contribution in [0.3, 0.4) is 0 Å². The standard InChI is InChI=1S/C25H22F2N2O5S/c1-4-33-23(31)20-14(2)28-25-29(21(20)15-9-11-17(32-3)12-10-15)22(30)19(35-25)13-16-7-5-6-8-18(16)34-24(26)27/h5-13,21,24H,4H2,1-3H3/b19-13+/t21-/m1/s1. The second-order valence-electron chi connectivity index (χ2n) is 7.49. The van der Waals surface area contributed by atoms with Crippen molar-refractivity contribution in [3.63, 3.8) is 0 Å². The second kappa shape index (κ2) is 10.2. The van der Waals surface area contributed by atoms with Gasteiger partial charge in [0.1, 0.15) is 11.5 Å². The maximum absolute atomic E-state index is 13.6. The molecule has 0 unspecified atom stereocenters. The van der Waals surface area contributed by atoms with Gasteiger partial charge in [-0.15, -0.1) is 0 Å². The van der Waals surface area contributed by atoms with Gasteiger partial charge in [0.15, 0.2) is 4.80 Å². The van der Waals surface area contributed by atoms with E-state index in [9.17, 15) is 18.4 Å². The van der Waals surface area contributed by atoms with Crippen molar-refractivity contribution in [2.75, 3.05) is 13.7 Å². The van der Waals surface area contributed by atoms with E-state index in [4.69, 9.17) is 9.47 Å². The summed E-state index contributed by atoms with van der Waals surface area (Å²) in [5.41, 5.74) is 1.24. The zero-order valence-electron chi connectivity index (χ0n) is 19.2. The smallest absolute Gasteiger partial charge is 0.387 e. The van der Waals surface area contributed by atoms with E-state index in [2.05, 4.69) is 9.73 Å². The predicted molar refractivity (Wildman–Crippen MR) is 126 cm³/mol. The largest absolute Gasteiger partial charge is 0.497 e. The fraction of sp³-hybridized carbons (Fsp3) is 0.240. The molecular formula is C25H22F2N2O5S. The molecule has 0 saturated heterocycles. The van der Waals surface area contributed by atoms with Crippen molar-refractivity contribution in [3.05, 3.63) is 90.6 Å². The minimum Gasteiger partial charge on any atom is -0.497 e. The third-order valence-corrected chi connectivity index (χ3v) is 6.35. The lowest BCUT2D eigenvalue weighted by atomic mass is 9.96. The molecule has 0 spiro atoms. The molecule has 0 aliphatic carbocycles. The van der Waals surface area contributed by atoms with Crippen molar-refractivity contribution in [2.45, 2.75) is 26.5 Å². The highest BCUT2D eigenvalue weighted by atomic mass is 32.1. The van der Waals surface area contributed by atoms with Crippen LogP contribution in [-0.2, 0) is 9.53 Å². The lowest BCUT2D eigenvalue weighted by molar-refractivity contribution is -0.139. The Morgan fingerprint density at radius 1 is 1.20 bits per heavy atom. The molecule has 1 atom stereocenters. The van der Waals surface area contributed by atoms with E-state index in [0.717, 1.165) is 11.3 Å². The monoisotopic (exact) mass is 500 g/mol. The summed E-state index contributed by atoms with van der Waals surface area (Å²) < 4.78 is 42.5. The van der Waals surface area contributed by atoms with E-state index in [1.54, 1.807) is 63.4 Å². The number of methoxy groups -OCH3 is 1. The van der Waals surface area contributed by atoms with E-state index in [1.807, 2.05) is 0 Å². The first-order chi connectivity index (χ1) is 16.8. The Hall–Kier alpha value is -3.79. The van der Waals surface area contributed by atoms with E-state index < -0.39 is 24.2 Å². The Labute approximate surface area is 203 Å². The van der Waals surface area contributed by atoms with Crippen LogP contribution in [0.5, 0.6) is 11.5 Å². The van der Waals surface area contributed by atoms with Crippen molar-refractivity contribution >= 4 is 23.4 Å². The number of halogens is 2. The number of fused-ring (bicyclic) bond motifs is 1. The zero-order chi connectivity index (χ0) is 25.1. The van der Waals surface area contributed by atoms with Gasteiger partial charge < -0.3 is 14.2 Å². The summed E-state index contributed by atoms with van der Waals surface area (Å²) in [6.45, 7) is 0.544. The Morgan fingerprint density at radius 2 is 1.91 bits per heavy atom. The van der Waals surface area contributed by atoms with Crippen LogP contribution in [0.25, 0.3) is 6.08 Å². The number of thiazole rings is 1. The number of hydrogen-bond donors (Lipinski definition) is 0. The number of aromatic nitrogens is 1. The van der Waals surface area contributed by atoms with Crippen LogP contribution < -0.4 is 24.4 Å². The minimum absolute atomic E-state index is 0.0524. The molecule has 3 aromatic rings. The third kappa shape index (κ3) is 4.88. The Kier molecular flexibility index (Phi) is 7.11. The number of para-hydroxylation sites is 1. The molecule has 1 aromatic heterocycles. The number of nitrogens with zero attached hydrogens (tertiary/aromatic N) is 2. The number of ether oxygens (including phenoxy) is 3. The van der Waals surface area contributed by atoms with Crippen molar-refractivity contribution in [3.8, 4) is 11.5 Å². The van der Waals surface area contributed by atoms with E-state index in [1.165, 1.54) is 16.7 Å². The summed E-state index contributed by atoms with van der Waals surface area (Å²) in [5.74, 6) is -0.00172. The molecule has 0 fully saturated rings. The van der Waals surface area contributed by atoms with Crippen LogP contribution in [-0.4, -0.2) is 30.9 Å². The summed E-state index contributed by atoms with van der Waals surface area (Å²) >= 11 is 1.10. The van der Waals surface area contributed by atoms with Crippen LogP contribution in [0.15, 0.2) is 69.6 Å². The zero-order valence-corrected chi connectivity index (χ0v) is 20.0. The number of hydrogen-bond acceptors (Lipinski definition) is 7. The van der Waals surface area contributed by atoms with Crippen molar-refractivity contribution < 1.29 is 27.8 Å². The lowest BCUT2D eigenvalue weighted by Crippen LogP contribution is -2.39. The average molecular weight is 501 g/mol. The molecule has 0 radical (unpaired) electrons. The van der Waals surface area contributed by atoms with Gasteiger partial charge in [0.05, 0.1) is 35.6 Å². The lowest BCUT2D eigenvalue weighted by Gasteiger charge is -2.24. The highest BCUT2D eigenvalue weighted by molar-refractivity contribution is 7.07. The van der Waals surface area contributed by atoms with Gasteiger partial charge in [-0.2, -0.15) is 8.78 Å². The fourth-order valence-electron chi connectivity index (χ4n) is 3.84. The number of esters is 1. The van der Waals surface area contributed by atoms with E-state index in [-0.39, 0.29) is 22.5 Å². The normalized spacial score (nSPS) is 15.6. The molecule has 0 saturated carbocycles. The van der Waals surface area contributed by atoms with Crippen LogP contribution in [0.1, 0.15) is 31.0 Å². The van der Waals surface area contributed by atoms with Gasteiger partial charge in [-0.05, 0) is 43.7 Å². The molecule has 2 aromatic carbocycles. The summed E-state index contributed by atoms with van der Waals surface area (Å²) in [4.78, 5) is 31.4. The predicted octanol–water partition coefficient (Wildman–Crippen LogP) is 3.41. The SMILES string of the molecule is CCOC(=O)C1=C(C)N=c2s/c(=C/c3ccccc3OC(F)F)c(=O)n2[C@@H]1c1ccc(OC)cc1. The molecular weight excluding hydrogens is 478 g/mol. The first-order valence-electron chi connectivity index (χ1n) is 10.7. The third-order valence-electron chi connectivity index (χ3n) is 5.37. The first kappa shape index (κ1) is 24.3.